The second-order valence-corrected chi connectivity index (χ2v) is 7.92. The van der Waals surface area contributed by atoms with E-state index < -0.39 is 0 Å². The van der Waals surface area contributed by atoms with E-state index in [1.54, 1.807) is 11.6 Å². The Labute approximate surface area is 153 Å². The maximum atomic E-state index is 12.6. The molecule has 0 unspecified atom stereocenters. The molecule has 1 aliphatic heterocycles. The number of likely N-dealkylation sites (N-methyl/N-ethyl adjacent to an activating group) is 1. The van der Waals surface area contributed by atoms with Crippen molar-refractivity contribution in [2.45, 2.75) is 19.9 Å². The van der Waals surface area contributed by atoms with Gasteiger partial charge in [-0.3, -0.25) is 9.69 Å². The third-order valence-corrected chi connectivity index (χ3v) is 6.44. The van der Waals surface area contributed by atoms with Crippen LogP contribution in [0.1, 0.15) is 33.3 Å². The maximum Gasteiger partial charge on any atom is 0.256 e. The largest absolute Gasteiger partial charge is 0.312 e. The van der Waals surface area contributed by atoms with Crippen LogP contribution in [0.5, 0.6) is 0 Å². The molecule has 0 saturated heterocycles. The van der Waals surface area contributed by atoms with E-state index in [2.05, 4.69) is 28.2 Å². The third kappa shape index (κ3) is 2.93. The Morgan fingerprint density at radius 1 is 1.48 bits per heavy atom. The fourth-order valence-corrected chi connectivity index (χ4v) is 5.06. The number of benzene rings is 1. The number of carbonyl (C=O) groups excluding carboxylic acids is 1. The fraction of sp³-hybridized carbons (Fsp3) is 0.278. The molecule has 0 bridgehead atoms. The minimum absolute atomic E-state index is 0.183. The van der Waals surface area contributed by atoms with Gasteiger partial charge in [0.05, 0.1) is 21.3 Å². The lowest BCUT2D eigenvalue weighted by Gasteiger charge is -2.24. The fourth-order valence-electron chi connectivity index (χ4n) is 3.10. The molecule has 2 aromatic heterocycles. The van der Waals surface area contributed by atoms with Gasteiger partial charge in [0.25, 0.3) is 5.91 Å². The van der Waals surface area contributed by atoms with Crippen molar-refractivity contribution in [3.05, 3.63) is 45.3 Å². The van der Waals surface area contributed by atoms with E-state index in [1.807, 2.05) is 12.1 Å². The summed E-state index contributed by atoms with van der Waals surface area (Å²) in [5, 5.41) is 13.2. The molecule has 5 nitrogen and oxygen atoms in total. The van der Waals surface area contributed by atoms with Gasteiger partial charge in [-0.15, -0.1) is 22.7 Å². The first-order valence-corrected chi connectivity index (χ1v) is 9.80. The molecule has 0 atom stereocenters. The van der Waals surface area contributed by atoms with Crippen molar-refractivity contribution in [1.82, 2.24) is 9.88 Å². The van der Waals surface area contributed by atoms with Crippen LogP contribution in [-0.4, -0.2) is 28.9 Å². The Hall–Kier alpha value is -2.27. The van der Waals surface area contributed by atoms with E-state index in [-0.39, 0.29) is 5.91 Å². The average molecular weight is 368 g/mol. The molecule has 7 heteroatoms. The summed E-state index contributed by atoms with van der Waals surface area (Å²) in [5.74, 6) is -0.183. The van der Waals surface area contributed by atoms with Crippen LogP contribution in [0.15, 0.2) is 23.7 Å². The number of hydrogen-bond donors (Lipinski definition) is 1. The number of thiazole rings is 1. The van der Waals surface area contributed by atoms with Gasteiger partial charge < -0.3 is 5.32 Å². The summed E-state index contributed by atoms with van der Waals surface area (Å²) in [6, 6.07) is 7.76. The van der Waals surface area contributed by atoms with Crippen LogP contribution in [0.4, 0.5) is 5.00 Å². The van der Waals surface area contributed by atoms with E-state index in [4.69, 9.17) is 0 Å². The molecule has 3 aromatic rings. The van der Waals surface area contributed by atoms with Gasteiger partial charge >= 0.3 is 0 Å². The van der Waals surface area contributed by atoms with Crippen LogP contribution in [0.2, 0.25) is 0 Å². The second-order valence-electron chi connectivity index (χ2n) is 5.93. The summed E-state index contributed by atoms with van der Waals surface area (Å²) in [4.78, 5) is 20.4. The lowest BCUT2D eigenvalue weighted by molar-refractivity contribution is 0.102. The first-order valence-electron chi connectivity index (χ1n) is 8.11. The highest BCUT2D eigenvalue weighted by atomic mass is 32.1. The molecule has 0 aliphatic carbocycles. The van der Waals surface area contributed by atoms with Gasteiger partial charge in [0, 0.05) is 23.5 Å². The van der Waals surface area contributed by atoms with E-state index in [0.29, 0.717) is 16.1 Å². The van der Waals surface area contributed by atoms with E-state index in [1.165, 1.54) is 27.6 Å². The predicted octanol–water partition coefficient (Wildman–Crippen LogP) is 3.86. The number of aromatic nitrogens is 1. The van der Waals surface area contributed by atoms with E-state index in [0.717, 1.165) is 41.8 Å². The number of amides is 1. The summed E-state index contributed by atoms with van der Waals surface area (Å²) in [7, 11) is 0. The molecule has 126 valence electrons. The van der Waals surface area contributed by atoms with Gasteiger partial charge in [-0.25, -0.2) is 4.98 Å². The Morgan fingerprint density at radius 3 is 3.16 bits per heavy atom. The Balaban J connectivity index is 1.63. The number of nitriles is 1. The van der Waals surface area contributed by atoms with Gasteiger partial charge in [0.1, 0.15) is 11.1 Å². The molecule has 0 fully saturated rings. The van der Waals surface area contributed by atoms with Crippen molar-refractivity contribution in [2.24, 2.45) is 0 Å². The SMILES string of the molecule is CCN1CCc2c(sc(NC(=O)c3ccc4ncsc4c3)c2C#N)C1. The van der Waals surface area contributed by atoms with Crippen LogP contribution < -0.4 is 5.32 Å². The highest BCUT2D eigenvalue weighted by molar-refractivity contribution is 7.17. The smallest absolute Gasteiger partial charge is 0.256 e. The van der Waals surface area contributed by atoms with E-state index in [9.17, 15) is 10.1 Å². The molecule has 1 aliphatic rings. The van der Waals surface area contributed by atoms with Gasteiger partial charge in [-0.05, 0) is 36.7 Å². The average Bonchev–Trinajstić information content (AvgIpc) is 3.23. The molecule has 1 amide bonds. The van der Waals surface area contributed by atoms with Gasteiger partial charge in [-0.2, -0.15) is 5.26 Å². The minimum Gasteiger partial charge on any atom is -0.312 e. The number of nitrogens with zero attached hydrogens (tertiary/aromatic N) is 3. The number of carbonyl (C=O) groups is 1. The van der Waals surface area contributed by atoms with E-state index >= 15 is 0 Å². The highest BCUT2D eigenvalue weighted by Crippen LogP contribution is 2.36. The topological polar surface area (TPSA) is 69.0 Å². The highest BCUT2D eigenvalue weighted by Gasteiger charge is 2.24. The Morgan fingerprint density at radius 2 is 2.36 bits per heavy atom. The lowest BCUT2D eigenvalue weighted by atomic mass is 10.0. The number of rotatable bonds is 3. The maximum absolute atomic E-state index is 12.6. The number of fused-ring (bicyclic) bond motifs is 2. The zero-order valence-corrected chi connectivity index (χ0v) is 15.3. The molecular weight excluding hydrogens is 352 g/mol. The van der Waals surface area contributed by atoms with Gasteiger partial charge in [0.2, 0.25) is 0 Å². The van der Waals surface area contributed by atoms with Crippen molar-refractivity contribution >= 4 is 43.8 Å². The monoisotopic (exact) mass is 368 g/mol. The standard InChI is InChI=1S/C18H16N4OS2/c1-2-22-6-5-12-13(8-19)18(25-16(12)9-22)21-17(23)11-3-4-14-15(7-11)24-10-20-14/h3-4,7,10H,2,5-6,9H2,1H3,(H,21,23). The molecule has 3 heterocycles. The first-order chi connectivity index (χ1) is 12.2. The van der Waals surface area contributed by atoms with Crippen LogP contribution >= 0.6 is 22.7 Å². The Bertz CT molecular complexity index is 998. The lowest BCUT2D eigenvalue weighted by Crippen LogP contribution is -2.29. The molecule has 0 saturated carbocycles. The molecule has 0 spiro atoms. The molecule has 4 rings (SSSR count). The van der Waals surface area contributed by atoms with Crippen molar-refractivity contribution in [3.63, 3.8) is 0 Å². The molecular formula is C18H16N4OS2. The quantitative estimate of drug-likeness (QED) is 0.762. The number of hydrogen-bond acceptors (Lipinski definition) is 6. The number of nitrogens with one attached hydrogen (secondary N) is 1. The summed E-state index contributed by atoms with van der Waals surface area (Å²) < 4.78 is 0.984. The van der Waals surface area contributed by atoms with Crippen molar-refractivity contribution in [2.75, 3.05) is 18.4 Å². The summed E-state index contributed by atoms with van der Waals surface area (Å²) in [6.07, 6.45) is 0.866. The summed E-state index contributed by atoms with van der Waals surface area (Å²) in [6.45, 7) is 4.95. The predicted molar refractivity (Wildman–Crippen MR) is 101 cm³/mol. The van der Waals surface area contributed by atoms with Crippen molar-refractivity contribution < 1.29 is 4.79 Å². The van der Waals surface area contributed by atoms with Crippen LogP contribution in [-0.2, 0) is 13.0 Å². The molecule has 1 aromatic carbocycles. The second kappa shape index (κ2) is 6.56. The van der Waals surface area contributed by atoms with Gasteiger partial charge in [0.15, 0.2) is 0 Å². The summed E-state index contributed by atoms with van der Waals surface area (Å²) in [5.41, 5.74) is 4.98. The molecule has 25 heavy (non-hydrogen) atoms. The molecule has 0 radical (unpaired) electrons. The first kappa shape index (κ1) is 16.2. The third-order valence-electron chi connectivity index (χ3n) is 4.52. The minimum atomic E-state index is -0.183. The zero-order chi connectivity index (χ0) is 17.4. The number of anilines is 1. The number of thiophene rings is 1. The molecule has 1 N–H and O–H groups in total. The van der Waals surface area contributed by atoms with Crippen LogP contribution in [0.25, 0.3) is 10.2 Å². The van der Waals surface area contributed by atoms with Gasteiger partial charge in [-0.1, -0.05) is 6.92 Å². The van der Waals surface area contributed by atoms with Crippen LogP contribution in [0, 0.1) is 11.3 Å². The zero-order valence-electron chi connectivity index (χ0n) is 13.7. The normalized spacial score (nSPS) is 14.2. The van der Waals surface area contributed by atoms with Crippen LogP contribution in [0.3, 0.4) is 0 Å². The Kier molecular flexibility index (Phi) is 4.25. The summed E-state index contributed by atoms with van der Waals surface area (Å²) >= 11 is 3.04. The van der Waals surface area contributed by atoms with Crippen molar-refractivity contribution in [3.8, 4) is 6.07 Å². The van der Waals surface area contributed by atoms with Crippen molar-refractivity contribution in [1.29, 1.82) is 5.26 Å².